The Labute approximate surface area is 139 Å². The molecule has 2 rings (SSSR count). The van der Waals surface area contributed by atoms with Gasteiger partial charge in [0, 0.05) is 26.2 Å². The van der Waals surface area contributed by atoms with Gasteiger partial charge in [-0.1, -0.05) is 19.1 Å². The average Bonchev–Trinajstić information content (AvgIpc) is 2.54. The van der Waals surface area contributed by atoms with Gasteiger partial charge in [0.2, 0.25) is 5.91 Å². The van der Waals surface area contributed by atoms with Crippen molar-refractivity contribution >= 4 is 23.3 Å². The number of amides is 1. The van der Waals surface area contributed by atoms with Gasteiger partial charge in [-0.3, -0.25) is 19.7 Å². The summed E-state index contributed by atoms with van der Waals surface area (Å²) in [6.45, 7) is 2.62. The number of benzene rings is 1. The zero-order valence-electron chi connectivity index (χ0n) is 13.7. The first-order valence-corrected chi connectivity index (χ1v) is 7.76. The van der Waals surface area contributed by atoms with Crippen molar-refractivity contribution in [3.05, 3.63) is 34.4 Å². The number of para-hydroxylation sites is 2. The monoisotopic (exact) mass is 335 g/mol. The smallest absolute Gasteiger partial charge is 0.306 e. The van der Waals surface area contributed by atoms with E-state index in [1.807, 2.05) is 6.92 Å². The summed E-state index contributed by atoms with van der Waals surface area (Å²) in [5, 5.41) is 20.2. The molecule has 1 aliphatic heterocycles. The predicted octanol–water partition coefficient (Wildman–Crippen LogP) is 1.60. The maximum absolute atomic E-state index is 12.5. The van der Waals surface area contributed by atoms with Gasteiger partial charge >= 0.3 is 5.97 Å². The van der Waals surface area contributed by atoms with Crippen molar-refractivity contribution in [3.63, 3.8) is 0 Å². The minimum Gasteiger partial charge on any atom is -0.481 e. The normalized spacial score (nSPS) is 20.5. The molecule has 1 aromatic rings. The van der Waals surface area contributed by atoms with Crippen molar-refractivity contribution in [1.82, 2.24) is 4.90 Å². The molecule has 8 heteroatoms. The maximum atomic E-state index is 12.5. The highest BCUT2D eigenvalue weighted by atomic mass is 16.6. The van der Waals surface area contributed by atoms with Crippen LogP contribution < -0.4 is 4.90 Å². The Morgan fingerprint density at radius 3 is 2.67 bits per heavy atom. The van der Waals surface area contributed by atoms with Gasteiger partial charge < -0.3 is 14.9 Å². The van der Waals surface area contributed by atoms with E-state index in [4.69, 9.17) is 5.11 Å². The number of hydrogen-bond acceptors (Lipinski definition) is 5. The fraction of sp³-hybridized carbons (Fsp3) is 0.500. The number of carbonyl (C=O) groups is 2. The Morgan fingerprint density at radius 1 is 1.42 bits per heavy atom. The lowest BCUT2D eigenvalue weighted by atomic mass is 9.87. The van der Waals surface area contributed by atoms with Crippen LogP contribution in [0.25, 0.3) is 0 Å². The third kappa shape index (κ3) is 3.81. The molecule has 1 heterocycles. The second-order valence-corrected chi connectivity index (χ2v) is 6.15. The lowest BCUT2D eigenvalue weighted by molar-refractivity contribution is -0.384. The third-order valence-corrected chi connectivity index (χ3v) is 4.44. The Bertz CT molecular complexity index is 648. The van der Waals surface area contributed by atoms with Crippen LogP contribution in [0, 0.1) is 22.0 Å². The first kappa shape index (κ1) is 17.7. The quantitative estimate of drug-likeness (QED) is 0.647. The molecule has 1 amide bonds. The number of nitro benzene ring substituents is 1. The van der Waals surface area contributed by atoms with Gasteiger partial charge in [-0.05, 0) is 18.4 Å². The number of likely N-dealkylation sites (N-methyl/N-ethyl adjacent to an activating group) is 1. The summed E-state index contributed by atoms with van der Waals surface area (Å²) in [5.74, 6) is -1.53. The molecule has 0 aliphatic carbocycles. The molecule has 8 nitrogen and oxygen atoms in total. The molecule has 1 N–H and O–H groups in total. The topological polar surface area (TPSA) is 104 Å². The summed E-state index contributed by atoms with van der Waals surface area (Å²) in [5.41, 5.74) is 0.329. The summed E-state index contributed by atoms with van der Waals surface area (Å²) in [4.78, 5) is 37.4. The zero-order valence-corrected chi connectivity index (χ0v) is 13.7. The standard InChI is InChI=1S/C16H21N3O5/c1-11-9-18(8-7-12(11)16(21)22)15(20)10-17(2)13-5-3-4-6-14(13)19(23)24/h3-6,11-12H,7-10H2,1-2H3,(H,21,22). The number of carboxylic acid groups (broad SMARTS) is 1. The van der Waals surface area contributed by atoms with E-state index in [1.54, 1.807) is 35.0 Å². The number of nitro groups is 1. The van der Waals surface area contributed by atoms with E-state index in [-0.39, 0.29) is 24.1 Å². The molecular formula is C16H21N3O5. The molecule has 2 unspecified atom stereocenters. The minimum atomic E-state index is -0.827. The van der Waals surface area contributed by atoms with Crippen LogP contribution in [0.2, 0.25) is 0 Å². The van der Waals surface area contributed by atoms with Crippen LogP contribution in [0.3, 0.4) is 0 Å². The Hall–Kier alpha value is -2.64. The molecular weight excluding hydrogens is 314 g/mol. The van der Waals surface area contributed by atoms with Gasteiger partial charge in [-0.25, -0.2) is 0 Å². The summed E-state index contributed by atoms with van der Waals surface area (Å²) in [6, 6.07) is 6.26. The summed E-state index contributed by atoms with van der Waals surface area (Å²) < 4.78 is 0. The van der Waals surface area contributed by atoms with Crippen molar-refractivity contribution in [1.29, 1.82) is 0 Å². The molecule has 1 fully saturated rings. The van der Waals surface area contributed by atoms with Crippen LogP contribution in [0.15, 0.2) is 24.3 Å². The van der Waals surface area contributed by atoms with Gasteiger partial charge in [0.1, 0.15) is 5.69 Å². The van der Waals surface area contributed by atoms with E-state index in [1.165, 1.54) is 6.07 Å². The summed E-state index contributed by atoms with van der Waals surface area (Å²) in [7, 11) is 1.63. The number of likely N-dealkylation sites (tertiary alicyclic amines) is 1. The fourth-order valence-electron chi connectivity index (χ4n) is 3.07. The Kier molecular flexibility index (Phi) is 5.38. The van der Waals surface area contributed by atoms with Crippen LogP contribution in [0.1, 0.15) is 13.3 Å². The molecule has 24 heavy (non-hydrogen) atoms. The lowest BCUT2D eigenvalue weighted by Crippen LogP contribution is -2.48. The third-order valence-electron chi connectivity index (χ3n) is 4.44. The highest BCUT2D eigenvalue weighted by Gasteiger charge is 2.33. The number of piperidine rings is 1. The highest BCUT2D eigenvalue weighted by Crippen LogP contribution is 2.27. The fourth-order valence-corrected chi connectivity index (χ4v) is 3.07. The van der Waals surface area contributed by atoms with Crippen LogP contribution in [0.4, 0.5) is 11.4 Å². The van der Waals surface area contributed by atoms with Crippen molar-refractivity contribution in [2.75, 3.05) is 31.6 Å². The highest BCUT2D eigenvalue weighted by molar-refractivity contribution is 5.83. The lowest BCUT2D eigenvalue weighted by Gasteiger charge is -2.35. The summed E-state index contributed by atoms with van der Waals surface area (Å²) in [6.07, 6.45) is 0.428. The van der Waals surface area contributed by atoms with Crippen molar-refractivity contribution in [3.8, 4) is 0 Å². The predicted molar refractivity (Wildman–Crippen MR) is 87.9 cm³/mol. The van der Waals surface area contributed by atoms with E-state index >= 15 is 0 Å². The maximum Gasteiger partial charge on any atom is 0.306 e. The summed E-state index contributed by atoms with van der Waals surface area (Å²) >= 11 is 0. The van der Waals surface area contributed by atoms with E-state index in [9.17, 15) is 19.7 Å². The number of carbonyl (C=O) groups excluding carboxylic acids is 1. The first-order chi connectivity index (χ1) is 11.3. The van der Waals surface area contributed by atoms with Crippen molar-refractivity contribution in [2.45, 2.75) is 13.3 Å². The van der Waals surface area contributed by atoms with Crippen molar-refractivity contribution < 1.29 is 19.6 Å². The SMILES string of the molecule is CC1CN(C(=O)CN(C)c2ccccc2[N+](=O)[O-])CCC1C(=O)O. The molecule has 1 saturated heterocycles. The van der Waals surface area contributed by atoms with Gasteiger partial charge in [0.05, 0.1) is 17.4 Å². The molecule has 130 valence electrons. The van der Waals surface area contributed by atoms with E-state index in [0.29, 0.717) is 25.2 Å². The molecule has 0 spiro atoms. The second-order valence-electron chi connectivity index (χ2n) is 6.15. The second kappa shape index (κ2) is 7.29. The Morgan fingerprint density at radius 2 is 2.08 bits per heavy atom. The minimum absolute atomic E-state index is 0.00924. The zero-order chi connectivity index (χ0) is 17.9. The van der Waals surface area contributed by atoms with Crippen LogP contribution in [-0.4, -0.2) is 53.5 Å². The van der Waals surface area contributed by atoms with Crippen molar-refractivity contribution in [2.24, 2.45) is 11.8 Å². The van der Waals surface area contributed by atoms with Gasteiger partial charge in [-0.15, -0.1) is 0 Å². The number of carboxylic acids is 1. The van der Waals surface area contributed by atoms with E-state index in [0.717, 1.165) is 0 Å². The van der Waals surface area contributed by atoms with Crippen LogP contribution >= 0.6 is 0 Å². The van der Waals surface area contributed by atoms with Gasteiger partial charge in [0.25, 0.3) is 5.69 Å². The van der Waals surface area contributed by atoms with Crippen LogP contribution in [-0.2, 0) is 9.59 Å². The number of aliphatic carboxylic acids is 1. The Balaban J connectivity index is 2.03. The number of anilines is 1. The first-order valence-electron chi connectivity index (χ1n) is 7.76. The molecule has 1 aliphatic rings. The molecule has 1 aromatic carbocycles. The number of rotatable bonds is 5. The molecule has 2 atom stereocenters. The van der Waals surface area contributed by atoms with Crippen LogP contribution in [0.5, 0.6) is 0 Å². The number of hydrogen-bond donors (Lipinski definition) is 1. The van der Waals surface area contributed by atoms with Gasteiger partial charge in [-0.2, -0.15) is 0 Å². The average molecular weight is 335 g/mol. The molecule has 0 radical (unpaired) electrons. The molecule has 0 saturated carbocycles. The van der Waals surface area contributed by atoms with Gasteiger partial charge in [0.15, 0.2) is 0 Å². The van der Waals surface area contributed by atoms with E-state index in [2.05, 4.69) is 0 Å². The molecule has 0 aromatic heterocycles. The van der Waals surface area contributed by atoms with E-state index < -0.39 is 16.8 Å². The molecule has 0 bridgehead atoms. The number of nitrogens with zero attached hydrogens (tertiary/aromatic N) is 3. The largest absolute Gasteiger partial charge is 0.481 e.